The first-order chi connectivity index (χ1) is 2.91. The molecule has 0 bridgehead atoms. The van der Waals surface area contributed by atoms with Gasteiger partial charge in [-0.3, -0.25) is 0 Å². The van der Waals surface area contributed by atoms with Crippen LogP contribution in [0.3, 0.4) is 0 Å². The third kappa shape index (κ3) is 3.01. The predicted molar refractivity (Wildman–Crippen MR) is 23.9 cm³/mol. The fraction of sp³-hybridized carbons (Fsp3) is 0.200. The number of nitriles is 1. The zero-order valence-corrected chi connectivity index (χ0v) is 3.44. The lowest BCUT2D eigenvalue weighted by atomic mass is 10.5. The highest BCUT2D eigenvalue weighted by Gasteiger charge is 1.60. The Hall–Kier alpha value is -0.990. The fourth-order valence-electron chi connectivity index (χ4n) is 0.118. The van der Waals surface area contributed by atoms with Crippen LogP contribution in [-0.4, -0.2) is 0 Å². The zero-order chi connectivity index (χ0) is 4.83. The van der Waals surface area contributed by atoms with Crippen molar-refractivity contribution in [3.05, 3.63) is 18.4 Å². The van der Waals surface area contributed by atoms with Gasteiger partial charge in [-0.05, 0) is 6.08 Å². The monoisotopic (exact) mass is 79.0 g/mol. The molecule has 0 saturated carbocycles. The van der Waals surface area contributed by atoms with Crippen molar-refractivity contribution < 1.29 is 0 Å². The molecule has 0 aromatic rings. The van der Waals surface area contributed by atoms with Gasteiger partial charge in [-0.2, -0.15) is 5.26 Å². The van der Waals surface area contributed by atoms with E-state index in [9.17, 15) is 0 Å². The summed E-state index contributed by atoms with van der Waals surface area (Å²) < 4.78 is 0. The van der Waals surface area contributed by atoms with Crippen LogP contribution in [0.4, 0.5) is 0 Å². The average molecular weight is 79.1 g/mol. The Bertz CT molecular complexity index is 102. The second-order valence-corrected chi connectivity index (χ2v) is 0.770. The Kier molecular flexibility index (Phi) is 3.35. The van der Waals surface area contributed by atoms with Crippen LogP contribution >= 0.6 is 0 Å². The standard InChI is InChI=1S/C5H5N/c1-2-3-4-5-6/h3H,1,4H2. The predicted octanol–water partition coefficient (Wildman–Crippen LogP) is 1.24. The largest absolute Gasteiger partial charge is 0.198 e. The van der Waals surface area contributed by atoms with E-state index in [1.165, 1.54) is 0 Å². The summed E-state index contributed by atoms with van der Waals surface area (Å²) in [6.45, 7) is 3.27. The Labute approximate surface area is 37.2 Å². The van der Waals surface area contributed by atoms with Crippen molar-refractivity contribution in [2.24, 2.45) is 0 Å². The third-order valence-corrected chi connectivity index (χ3v) is 0.338. The van der Waals surface area contributed by atoms with Gasteiger partial charge in [0.15, 0.2) is 0 Å². The van der Waals surface area contributed by atoms with Crippen LogP contribution in [0, 0.1) is 11.3 Å². The lowest BCUT2D eigenvalue weighted by Gasteiger charge is -1.57. The lowest BCUT2D eigenvalue weighted by Crippen LogP contribution is -1.47. The van der Waals surface area contributed by atoms with Crippen molar-refractivity contribution in [1.29, 1.82) is 5.26 Å². The van der Waals surface area contributed by atoms with E-state index in [0.717, 1.165) is 0 Å². The van der Waals surface area contributed by atoms with Crippen LogP contribution in [0.5, 0.6) is 0 Å². The smallest absolute Gasteiger partial charge is 0.0669 e. The third-order valence-electron chi connectivity index (χ3n) is 0.338. The molecule has 0 rings (SSSR count). The number of nitrogens with zero attached hydrogens (tertiary/aromatic N) is 1. The topological polar surface area (TPSA) is 23.8 Å². The van der Waals surface area contributed by atoms with E-state index in [1.807, 2.05) is 6.07 Å². The maximum Gasteiger partial charge on any atom is 0.0669 e. The maximum absolute atomic E-state index is 7.85. The van der Waals surface area contributed by atoms with E-state index in [2.05, 4.69) is 12.3 Å². The molecule has 0 spiro atoms. The normalized spacial score (nSPS) is 5.17. The molecule has 1 nitrogen and oxygen atoms in total. The van der Waals surface area contributed by atoms with E-state index in [4.69, 9.17) is 5.26 Å². The Morgan fingerprint density at radius 1 is 1.83 bits per heavy atom. The molecule has 0 fully saturated rings. The summed E-state index contributed by atoms with van der Waals surface area (Å²) in [4.78, 5) is 0. The van der Waals surface area contributed by atoms with Crippen molar-refractivity contribution in [2.75, 3.05) is 0 Å². The Morgan fingerprint density at radius 3 is 2.67 bits per heavy atom. The Morgan fingerprint density at radius 2 is 2.50 bits per heavy atom. The van der Waals surface area contributed by atoms with E-state index < -0.39 is 0 Å². The fourth-order valence-corrected chi connectivity index (χ4v) is 0.118. The summed E-state index contributed by atoms with van der Waals surface area (Å²) in [6, 6.07) is 1.91. The molecule has 1 heteroatoms. The summed E-state index contributed by atoms with van der Waals surface area (Å²) in [5.41, 5.74) is 2.47. The van der Waals surface area contributed by atoms with Gasteiger partial charge in [-0.25, -0.2) is 0 Å². The highest BCUT2D eigenvalue weighted by atomic mass is 14.2. The van der Waals surface area contributed by atoms with Gasteiger partial charge in [0.1, 0.15) is 0 Å². The van der Waals surface area contributed by atoms with Gasteiger partial charge >= 0.3 is 0 Å². The zero-order valence-electron chi connectivity index (χ0n) is 3.44. The number of allylic oxidation sites excluding steroid dienone is 1. The van der Waals surface area contributed by atoms with Crippen LogP contribution in [0.2, 0.25) is 0 Å². The Balaban J connectivity index is 3.16. The molecule has 0 aliphatic carbocycles. The first-order valence-corrected chi connectivity index (χ1v) is 1.63. The van der Waals surface area contributed by atoms with Crippen molar-refractivity contribution >= 4 is 0 Å². The van der Waals surface area contributed by atoms with Crippen molar-refractivity contribution in [3.8, 4) is 6.07 Å². The molecule has 0 radical (unpaired) electrons. The molecule has 0 amide bonds. The van der Waals surface area contributed by atoms with Crippen LogP contribution < -0.4 is 0 Å². The molecule has 0 unspecified atom stereocenters. The van der Waals surface area contributed by atoms with Crippen LogP contribution in [0.1, 0.15) is 6.42 Å². The van der Waals surface area contributed by atoms with Crippen LogP contribution in [-0.2, 0) is 0 Å². The molecule has 0 aromatic carbocycles. The van der Waals surface area contributed by atoms with Crippen LogP contribution in [0.15, 0.2) is 18.4 Å². The molecular weight excluding hydrogens is 74.1 g/mol. The molecule has 0 atom stereocenters. The first-order valence-electron chi connectivity index (χ1n) is 1.63. The van der Waals surface area contributed by atoms with Crippen molar-refractivity contribution in [3.63, 3.8) is 0 Å². The number of rotatable bonds is 1. The SMILES string of the molecule is C=C=CCC#N. The highest BCUT2D eigenvalue weighted by molar-refractivity contribution is 4.86. The molecule has 30 valence electrons. The minimum absolute atomic E-state index is 0.420. The molecule has 0 aliphatic heterocycles. The summed E-state index contributed by atoms with van der Waals surface area (Å²) in [7, 11) is 0. The minimum atomic E-state index is 0.420. The van der Waals surface area contributed by atoms with Crippen molar-refractivity contribution in [1.82, 2.24) is 0 Å². The van der Waals surface area contributed by atoms with Gasteiger partial charge in [-0.15, -0.1) is 5.73 Å². The molecule has 0 N–H and O–H groups in total. The van der Waals surface area contributed by atoms with Gasteiger partial charge in [0, 0.05) is 0 Å². The molecule has 0 heterocycles. The molecule has 6 heavy (non-hydrogen) atoms. The summed E-state index contributed by atoms with van der Waals surface area (Å²) in [6.07, 6.45) is 2.00. The summed E-state index contributed by atoms with van der Waals surface area (Å²) in [5, 5.41) is 7.85. The molecule has 0 saturated heterocycles. The lowest BCUT2D eigenvalue weighted by molar-refractivity contribution is 1.36. The summed E-state index contributed by atoms with van der Waals surface area (Å²) in [5.74, 6) is 0. The van der Waals surface area contributed by atoms with Gasteiger partial charge < -0.3 is 0 Å². The van der Waals surface area contributed by atoms with E-state index >= 15 is 0 Å². The second kappa shape index (κ2) is 4.01. The minimum Gasteiger partial charge on any atom is -0.198 e. The van der Waals surface area contributed by atoms with Gasteiger partial charge in [-0.1, -0.05) is 6.58 Å². The summed E-state index contributed by atoms with van der Waals surface area (Å²) >= 11 is 0. The molecule has 0 aromatic heterocycles. The maximum atomic E-state index is 7.85. The quantitative estimate of drug-likeness (QED) is 0.434. The van der Waals surface area contributed by atoms with Crippen LogP contribution in [0.25, 0.3) is 0 Å². The average Bonchev–Trinajstić information content (AvgIpc) is 1.61. The number of hydrogen-bond donors (Lipinski definition) is 0. The van der Waals surface area contributed by atoms with E-state index in [-0.39, 0.29) is 0 Å². The highest BCUT2D eigenvalue weighted by Crippen LogP contribution is 1.70. The second-order valence-electron chi connectivity index (χ2n) is 0.770. The molecular formula is C5H5N. The molecule has 0 aliphatic rings. The number of hydrogen-bond acceptors (Lipinski definition) is 1. The van der Waals surface area contributed by atoms with E-state index in [1.54, 1.807) is 6.08 Å². The van der Waals surface area contributed by atoms with E-state index in [0.29, 0.717) is 6.42 Å². The van der Waals surface area contributed by atoms with Gasteiger partial charge in [0.25, 0.3) is 0 Å². The van der Waals surface area contributed by atoms with Gasteiger partial charge in [0.2, 0.25) is 0 Å². The van der Waals surface area contributed by atoms with Crippen molar-refractivity contribution in [2.45, 2.75) is 6.42 Å². The first kappa shape index (κ1) is 5.01. The van der Waals surface area contributed by atoms with Gasteiger partial charge in [0.05, 0.1) is 12.5 Å².